The van der Waals surface area contributed by atoms with Gasteiger partial charge in [0.05, 0.1) is 6.61 Å². The van der Waals surface area contributed by atoms with Crippen LogP contribution in [-0.4, -0.2) is 60.9 Å². The molecule has 0 saturated carbocycles. The lowest BCUT2D eigenvalue weighted by Crippen LogP contribution is -2.49. The van der Waals surface area contributed by atoms with E-state index in [2.05, 4.69) is 11.8 Å². The lowest BCUT2D eigenvalue weighted by molar-refractivity contribution is 0.0644. The van der Waals surface area contributed by atoms with Gasteiger partial charge in [-0.15, -0.1) is 11.6 Å². The number of nitrogens with zero attached hydrogens (tertiary/aromatic N) is 2. The first kappa shape index (κ1) is 16.1. The third kappa shape index (κ3) is 4.61. The minimum atomic E-state index is 0.0856. The first-order valence-corrected chi connectivity index (χ1v) is 8.08. The minimum Gasteiger partial charge on any atom is -0.494 e. The zero-order chi connectivity index (χ0) is 15.1. The molecule has 0 aromatic heterocycles. The van der Waals surface area contributed by atoms with E-state index in [1.807, 2.05) is 29.2 Å². The van der Waals surface area contributed by atoms with Gasteiger partial charge in [-0.3, -0.25) is 9.69 Å². The van der Waals surface area contributed by atoms with Crippen molar-refractivity contribution in [3.8, 4) is 5.75 Å². The fraction of sp³-hybridized carbons (Fsp3) is 0.562. The van der Waals surface area contributed by atoms with Crippen LogP contribution in [0.5, 0.6) is 5.75 Å². The monoisotopic (exact) mass is 310 g/mol. The summed E-state index contributed by atoms with van der Waals surface area (Å²) >= 11 is 5.75. The van der Waals surface area contributed by atoms with Gasteiger partial charge in [-0.1, -0.05) is 13.0 Å². The highest BCUT2D eigenvalue weighted by Crippen LogP contribution is 2.16. The molecule has 5 heteroatoms. The Bertz CT molecular complexity index is 459. The molecule has 1 aliphatic heterocycles. The zero-order valence-electron chi connectivity index (χ0n) is 12.6. The average molecular weight is 311 g/mol. The molecule has 0 spiro atoms. The molecular formula is C16H23ClN2O2. The third-order valence-corrected chi connectivity index (χ3v) is 3.78. The summed E-state index contributed by atoms with van der Waals surface area (Å²) in [5.41, 5.74) is 0.703. The van der Waals surface area contributed by atoms with Gasteiger partial charge in [0.15, 0.2) is 0 Å². The van der Waals surface area contributed by atoms with Gasteiger partial charge in [0, 0.05) is 44.2 Å². The van der Waals surface area contributed by atoms with Crippen LogP contribution in [0.2, 0.25) is 0 Å². The molecule has 21 heavy (non-hydrogen) atoms. The van der Waals surface area contributed by atoms with Crippen molar-refractivity contribution in [1.82, 2.24) is 9.80 Å². The van der Waals surface area contributed by atoms with E-state index in [1.165, 1.54) is 0 Å². The molecular weight excluding hydrogens is 288 g/mol. The van der Waals surface area contributed by atoms with E-state index in [1.54, 1.807) is 0 Å². The Balaban J connectivity index is 1.94. The van der Waals surface area contributed by atoms with E-state index in [-0.39, 0.29) is 5.91 Å². The van der Waals surface area contributed by atoms with Gasteiger partial charge in [0.2, 0.25) is 0 Å². The van der Waals surface area contributed by atoms with Gasteiger partial charge >= 0.3 is 0 Å². The molecule has 0 N–H and O–H groups in total. The van der Waals surface area contributed by atoms with E-state index in [0.717, 1.165) is 44.9 Å². The summed E-state index contributed by atoms with van der Waals surface area (Å²) in [6, 6.07) is 7.46. The van der Waals surface area contributed by atoms with Crippen LogP contribution in [0.3, 0.4) is 0 Å². The lowest BCUT2D eigenvalue weighted by atomic mass is 10.1. The van der Waals surface area contributed by atoms with E-state index < -0.39 is 0 Å². The van der Waals surface area contributed by atoms with Crippen molar-refractivity contribution >= 4 is 17.5 Å². The Labute approximate surface area is 131 Å². The first-order chi connectivity index (χ1) is 10.2. The van der Waals surface area contributed by atoms with Crippen LogP contribution < -0.4 is 4.74 Å². The van der Waals surface area contributed by atoms with Crippen LogP contribution in [-0.2, 0) is 0 Å². The summed E-state index contributed by atoms with van der Waals surface area (Å²) in [5, 5.41) is 0. The second-order valence-electron chi connectivity index (χ2n) is 5.20. The van der Waals surface area contributed by atoms with Crippen molar-refractivity contribution in [3.05, 3.63) is 29.8 Å². The van der Waals surface area contributed by atoms with Gasteiger partial charge in [-0.25, -0.2) is 0 Å². The van der Waals surface area contributed by atoms with E-state index in [0.29, 0.717) is 18.1 Å². The summed E-state index contributed by atoms with van der Waals surface area (Å²) in [4.78, 5) is 16.7. The summed E-state index contributed by atoms with van der Waals surface area (Å²) in [6.45, 7) is 6.94. The maximum atomic E-state index is 12.5. The molecule has 1 aromatic carbocycles. The van der Waals surface area contributed by atoms with Crippen molar-refractivity contribution in [2.75, 3.05) is 45.2 Å². The van der Waals surface area contributed by atoms with Gasteiger partial charge in [-0.05, 0) is 24.6 Å². The van der Waals surface area contributed by atoms with Gasteiger partial charge in [-0.2, -0.15) is 0 Å². The first-order valence-electron chi connectivity index (χ1n) is 7.55. The topological polar surface area (TPSA) is 32.8 Å². The number of carbonyl (C=O) groups excluding carboxylic acids is 1. The largest absolute Gasteiger partial charge is 0.494 e. The summed E-state index contributed by atoms with van der Waals surface area (Å²) in [5.74, 6) is 1.50. The molecule has 1 heterocycles. The van der Waals surface area contributed by atoms with Gasteiger partial charge in [0.1, 0.15) is 5.75 Å². The highest BCUT2D eigenvalue weighted by molar-refractivity contribution is 6.18. The molecule has 0 bridgehead atoms. The Morgan fingerprint density at radius 2 is 2.05 bits per heavy atom. The number of piperazine rings is 1. The fourth-order valence-electron chi connectivity index (χ4n) is 2.42. The average Bonchev–Trinajstić information content (AvgIpc) is 2.53. The number of alkyl halides is 1. The van der Waals surface area contributed by atoms with Crippen LogP contribution >= 0.6 is 11.6 Å². The molecule has 4 nitrogen and oxygen atoms in total. The van der Waals surface area contributed by atoms with Crippen LogP contribution in [0, 0.1) is 0 Å². The fourth-order valence-corrected chi connectivity index (χ4v) is 2.65. The highest BCUT2D eigenvalue weighted by atomic mass is 35.5. The van der Waals surface area contributed by atoms with Crippen LogP contribution in [0.4, 0.5) is 0 Å². The molecule has 1 aliphatic rings. The smallest absolute Gasteiger partial charge is 0.254 e. The number of carbonyl (C=O) groups is 1. The molecule has 1 amide bonds. The number of ether oxygens (including phenoxy) is 1. The highest BCUT2D eigenvalue weighted by Gasteiger charge is 2.21. The third-order valence-electron chi connectivity index (χ3n) is 3.61. The van der Waals surface area contributed by atoms with E-state index >= 15 is 0 Å². The Kier molecular flexibility index (Phi) is 6.33. The van der Waals surface area contributed by atoms with Crippen molar-refractivity contribution in [1.29, 1.82) is 0 Å². The Morgan fingerprint density at radius 3 is 2.71 bits per heavy atom. The van der Waals surface area contributed by atoms with E-state index in [9.17, 15) is 4.79 Å². The van der Waals surface area contributed by atoms with Crippen LogP contribution in [0.1, 0.15) is 23.7 Å². The number of benzene rings is 1. The summed E-state index contributed by atoms with van der Waals surface area (Å²) in [7, 11) is 0. The molecule has 2 rings (SSSR count). The second kappa shape index (κ2) is 8.25. The second-order valence-corrected chi connectivity index (χ2v) is 5.58. The number of rotatable bonds is 6. The SMILES string of the molecule is CCCOc1cccc(C(=O)N2CCN(CCCl)CC2)c1. The van der Waals surface area contributed by atoms with Crippen LogP contribution in [0.15, 0.2) is 24.3 Å². The quantitative estimate of drug-likeness (QED) is 0.757. The maximum absolute atomic E-state index is 12.5. The Morgan fingerprint density at radius 1 is 1.29 bits per heavy atom. The normalized spacial score (nSPS) is 16.0. The van der Waals surface area contributed by atoms with Gasteiger partial charge < -0.3 is 9.64 Å². The number of amides is 1. The van der Waals surface area contributed by atoms with Crippen molar-refractivity contribution in [3.63, 3.8) is 0 Å². The van der Waals surface area contributed by atoms with Gasteiger partial charge in [0.25, 0.3) is 5.91 Å². The summed E-state index contributed by atoms with van der Waals surface area (Å²) in [6.07, 6.45) is 0.959. The standard InChI is InChI=1S/C16H23ClN2O2/c1-2-12-21-15-5-3-4-14(13-15)16(20)19-10-8-18(7-6-17)9-11-19/h3-5,13H,2,6-12H2,1H3. The van der Waals surface area contributed by atoms with Crippen molar-refractivity contribution < 1.29 is 9.53 Å². The maximum Gasteiger partial charge on any atom is 0.254 e. The molecule has 0 radical (unpaired) electrons. The molecule has 1 saturated heterocycles. The van der Waals surface area contributed by atoms with Crippen LogP contribution in [0.25, 0.3) is 0 Å². The summed E-state index contributed by atoms with van der Waals surface area (Å²) < 4.78 is 5.59. The predicted octanol–water partition coefficient (Wildman–Crippen LogP) is 2.47. The number of halogens is 1. The molecule has 0 atom stereocenters. The zero-order valence-corrected chi connectivity index (χ0v) is 13.3. The number of hydrogen-bond acceptors (Lipinski definition) is 3. The molecule has 0 unspecified atom stereocenters. The molecule has 1 fully saturated rings. The predicted molar refractivity (Wildman–Crippen MR) is 85.3 cm³/mol. The molecule has 116 valence electrons. The minimum absolute atomic E-state index is 0.0856. The van der Waals surface area contributed by atoms with Crippen molar-refractivity contribution in [2.24, 2.45) is 0 Å². The van der Waals surface area contributed by atoms with E-state index in [4.69, 9.17) is 16.3 Å². The number of hydrogen-bond donors (Lipinski definition) is 0. The van der Waals surface area contributed by atoms with Crippen molar-refractivity contribution in [2.45, 2.75) is 13.3 Å². The lowest BCUT2D eigenvalue weighted by Gasteiger charge is -2.34. The molecule has 1 aromatic rings. The molecule has 0 aliphatic carbocycles. The Hall–Kier alpha value is -1.26.